The fourth-order valence-corrected chi connectivity index (χ4v) is 2.46. The molecule has 0 bridgehead atoms. The van der Waals surface area contributed by atoms with Crippen molar-refractivity contribution in [3.63, 3.8) is 0 Å². The lowest BCUT2D eigenvalue weighted by Gasteiger charge is -2.10. The molecule has 0 spiro atoms. The van der Waals surface area contributed by atoms with Crippen LogP contribution < -0.4 is 10.1 Å². The van der Waals surface area contributed by atoms with Gasteiger partial charge < -0.3 is 10.1 Å². The molecule has 3 rings (SSSR count). The van der Waals surface area contributed by atoms with E-state index in [0.717, 1.165) is 36.3 Å². The van der Waals surface area contributed by atoms with E-state index in [2.05, 4.69) is 46.0 Å². The summed E-state index contributed by atoms with van der Waals surface area (Å²) in [6.07, 6.45) is 2.17. The average Bonchev–Trinajstić information content (AvgIpc) is 3.11. The first-order chi connectivity index (χ1) is 12.3. The zero-order valence-electron chi connectivity index (χ0n) is 14.4. The van der Waals surface area contributed by atoms with Crippen LogP contribution in [0.2, 0.25) is 0 Å². The highest BCUT2D eigenvalue weighted by atomic mass is 16.5. The van der Waals surface area contributed by atoms with Gasteiger partial charge in [0.15, 0.2) is 0 Å². The quantitative estimate of drug-likeness (QED) is 0.645. The summed E-state index contributed by atoms with van der Waals surface area (Å²) in [7, 11) is 0. The monoisotopic (exact) mass is 337 g/mol. The third-order valence-corrected chi connectivity index (χ3v) is 3.85. The Morgan fingerprint density at radius 2 is 1.88 bits per heavy atom. The van der Waals surface area contributed by atoms with Crippen LogP contribution in [-0.2, 0) is 19.7 Å². The number of nitrogens with zero attached hydrogens (tertiary/aromatic N) is 4. The van der Waals surface area contributed by atoms with E-state index in [0.29, 0.717) is 19.1 Å². The Kier molecular flexibility index (Phi) is 5.98. The Morgan fingerprint density at radius 1 is 1.04 bits per heavy atom. The van der Waals surface area contributed by atoms with E-state index in [1.807, 2.05) is 36.4 Å². The van der Waals surface area contributed by atoms with Crippen LogP contribution in [0.15, 0.2) is 54.6 Å². The summed E-state index contributed by atoms with van der Waals surface area (Å²) >= 11 is 0. The molecule has 1 heterocycles. The first-order valence-corrected chi connectivity index (χ1v) is 8.61. The summed E-state index contributed by atoms with van der Waals surface area (Å²) in [6.45, 7) is 4.19. The van der Waals surface area contributed by atoms with E-state index >= 15 is 0 Å². The zero-order valence-corrected chi connectivity index (χ0v) is 14.4. The number of ether oxygens (including phenoxy) is 1. The molecule has 0 unspecified atom stereocenters. The molecule has 3 aromatic rings. The molecule has 6 heteroatoms. The van der Waals surface area contributed by atoms with Gasteiger partial charge in [0.25, 0.3) is 0 Å². The molecular formula is C19H23N5O. The lowest BCUT2D eigenvalue weighted by molar-refractivity contribution is 0.306. The fourth-order valence-electron chi connectivity index (χ4n) is 2.46. The second kappa shape index (κ2) is 8.82. The minimum atomic E-state index is 0.562. The molecule has 0 saturated carbocycles. The molecule has 0 aliphatic rings. The number of hydrogen-bond acceptors (Lipinski definition) is 5. The first-order valence-electron chi connectivity index (χ1n) is 8.61. The minimum Gasteiger partial charge on any atom is -0.489 e. The number of anilines is 1. The maximum atomic E-state index is 5.87. The summed E-state index contributed by atoms with van der Waals surface area (Å²) < 4.78 is 7.68. The Balaban J connectivity index is 1.56. The van der Waals surface area contributed by atoms with Gasteiger partial charge in [-0.2, -0.15) is 0 Å². The molecule has 1 N–H and O–H groups in total. The Hall–Kier alpha value is -2.89. The van der Waals surface area contributed by atoms with Gasteiger partial charge in [0.2, 0.25) is 5.95 Å². The summed E-state index contributed by atoms with van der Waals surface area (Å²) in [4.78, 5) is 0. The van der Waals surface area contributed by atoms with Crippen molar-refractivity contribution >= 4 is 5.95 Å². The van der Waals surface area contributed by atoms with E-state index in [1.54, 1.807) is 4.68 Å². The smallest absolute Gasteiger partial charge is 0.243 e. The van der Waals surface area contributed by atoms with Crippen molar-refractivity contribution in [1.82, 2.24) is 20.2 Å². The number of tetrazole rings is 1. The Morgan fingerprint density at radius 3 is 2.72 bits per heavy atom. The molecule has 130 valence electrons. The standard InChI is InChI=1S/C19H23N5O/c1-2-3-12-24-19(21-22-23-24)20-14-17-10-7-11-18(13-17)25-15-16-8-5-4-6-9-16/h4-11,13H,2-3,12,14-15H2,1H3,(H,20,21,23). The van der Waals surface area contributed by atoms with Gasteiger partial charge in [-0.1, -0.05) is 60.9 Å². The third kappa shape index (κ3) is 5.04. The van der Waals surface area contributed by atoms with Crippen LogP contribution in [0, 0.1) is 0 Å². The minimum absolute atomic E-state index is 0.562. The van der Waals surface area contributed by atoms with Crippen LogP contribution >= 0.6 is 0 Å². The second-order valence-corrected chi connectivity index (χ2v) is 5.85. The fraction of sp³-hybridized carbons (Fsp3) is 0.316. The van der Waals surface area contributed by atoms with E-state index in [4.69, 9.17) is 4.74 Å². The third-order valence-electron chi connectivity index (χ3n) is 3.85. The van der Waals surface area contributed by atoms with Crippen LogP contribution in [0.25, 0.3) is 0 Å². The molecule has 0 saturated heterocycles. The van der Waals surface area contributed by atoms with Crippen molar-refractivity contribution in [2.75, 3.05) is 5.32 Å². The highest BCUT2D eigenvalue weighted by Gasteiger charge is 2.05. The number of benzene rings is 2. The highest BCUT2D eigenvalue weighted by molar-refractivity contribution is 5.32. The van der Waals surface area contributed by atoms with Gasteiger partial charge in [0, 0.05) is 13.1 Å². The number of aromatic nitrogens is 4. The molecule has 2 aromatic carbocycles. The molecule has 6 nitrogen and oxygen atoms in total. The number of nitrogens with one attached hydrogen (secondary N) is 1. The maximum absolute atomic E-state index is 5.87. The highest BCUT2D eigenvalue weighted by Crippen LogP contribution is 2.16. The van der Waals surface area contributed by atoms with Crippen molar-refractivity contribution in [3.8, 4) is 5.75 Å². The Bertz CT molecular complexity index is 772. The van der Waals surface area contributed by atoms with E-state index in [1.165, 1.54) is 0 Å². The van der Waals surface area contributed by atoms with Gasteiger partial charge in [-0.05, 0) is 40.1 Å². The predicted molar refractivity (Wildman–Crippen MR) is 97.3 cm³/mol. The van der Waals surface area contributed by atoms with Gasteiger partial charge in [-0.3, -0.25) is 0 Å². The summed E-state index contributed by atoms with van der Waals surface area (Å²) in [5.41, 5.74) is 2.27. The average molecular weight is 337 g/mol. The second-order valence-electron chi connectivity index (χ2n) is 5.85. The molecule has 0 amide bonds. The van der Waals surface area contributed by atoms with Crippen molar-refractivity contribution in [1.29, 1.82) is 0 Å². The number of aryl methyl sites for hydroxylation is 1. The number of rotatable bonds is 9. The molecule has 0 aliphatic heterocycles. The molecule has 0 aliphatic carbocycles. The predicted octanol–water partition coefficient (Wildman–Crippen LogP) is 3.66. The van der Waals surface area contributed by atoms with Gasteiger partial charge in [-0.25, -0.2) is 4.68 Å². The van der Waals surface area contributed by atoms with E-state index < -0.39 is 0 Å². The Labute approximate surface area is 147 Å². The van der Waals surface area contributed by atoms with Crippen LogP contribution in [0.5, 0.6) is 5.75 Å². The van der Waals surface area contributed by atoms with Crippen molar-refractivity contribution < 1.29 is 4.74 Å². The van der Waals surface area contributed by atoms with Gasteiger partial charge in [-0.15, -0.1) is 0 Å². The van der Waals surface area contributed by atoms with Crippen LogP contribution in [0.4, 0.5) is 5.95 Å². The van der Waals surface area contributed by atoms with Gasteiger partial charge in [0.05, 0.1) is 0 Å². The number of hydrogen-bond donors (Lipinski definition) is 1. The molecular weight excluding hydrogens is 314 g/mol. The molecule has 0 fully saturated rings. The molecule has 0 radical (unpaired) electrons. The topological polar surface area (TPSA) is 64.9 Å². The largest absolute Gasteiger partial charge is 0.489 e. The lowest BCUT2D eigenvalue weighted by atomic mass is 10.2. The first kappa shape index (κ1) is 17.0. The SMILES string of the molecule is CCCCn1nnnc1NCc1cccc(OCc2ccccc2)c1. The summed E-state index contributed by atoms with van der Waals surface area (Å²) in [5, 5.41) is 15.1. The molecule has 25 heavy (non-hydrogen) atoms. The van der Waals surface area contributed by atoms with Crippen LogP contribution in [0.1, 0.15) is 30.9 Å². The van der Waals surface area contributed by atoms with Gasteiger partial charge >= 0.3 is 0 Å². The maximum Gasteiger partial charge on any atom is 0.243 e. The van der Waals surface area contributed by atoms with E-state index in [-0.39, 0.29) is 0 Å². The summed E-state index contributed by atoms with van der Waals surface area (Å²) in [5.74, 6) is 1.55. The van der Waals surface area contributed by atoms with Gasteiger partial charge in [0.1, 0.15) is 12.4 Å². The van der Waals surface area contributed by atoms with Crippen molar-refractivity contribution in [2.45, 2.75) is 39.5 Å². The van der Waals surface area contributed by atoms with Crippen LogP contribution in [0.3, 0.4) is 0 Å². The van der Waals surface area contributed by atoms with E-state index in [9.17, 15) is 0 Å². The van der Waals surface area contributed by atoms with Crippen molar-refractivity contribution in [2.24, 2.45) is 0 Å². The zero-order chi connectivity index (χ0) is 17.3. The lowest BCUT2D eigenvalue weighted by Crippen LogP contribution is -2.09. The number of unbranched alkanes of at least 4 members (excludes halogenated alkanes) is 1. The summed E-state index contributed by atoms with van der Waals surface area (Å²) in [6, 6.07) is 18.2. The molecule has 1 aromatic heterocycles. The molecule has 0 atom stereocenters. The normalized spacial score (nSPS) is 10.6. The van der Waals surface area contributed by atoms with Crippen molar-refractivity contribution in [3.05, 3.63) is 65.7 Å². The van der Waals surface area contributed by atoms with Crippen LogP contribution in [-0.4, -0.2) is 20.2 Å².